The first-order chi connectivity index (χ1) is 9.29. The smallest absolute Gasteiger partial charge is 0.160 e. The maximum Gasteiger partial charge on any atom is 0.160 e. The predicted molar refractivity (Wildman–Crippen MR) is 77.2 cm³/mol. The highest BCUT2D eigenvalue weighted by Gasteiger charge is 2.15. The van der Waals surface area contributed by atoms with Crippen molar-refractivity contribution in [3.05, 3.63) is 34.5 Å². The monoisotopic (exact) mass is 274 g/mol. The van der Waals surface area contributed by atoms with Crippen LogP contribution in [0.25, 0.3) is 11.0 Å². The summed E-state index contributed by atoms with van der Waals surface area (Å²) in [6, 6.07) is 8.17. The van der Waals surface area contributed by atoms with Gasteiger partial charge in [-0.3, -0.25) is 0 Å². The summed E-state index contributed by atoms with van der Waals surface area (Å²) in [5.74, 6) is 0. The topological polar surface area (TPSA) is 77.0 Å². The Hall–Kier alpha value is -2.08. The molecular weight excluding hydrogens is 260 g/mol. The molecule has 2 heterocycles. The molecule has 0 spiro atoms. The van der Waals surface area contributed by atoms with Crippen molar-refractivity contribution in [3.8, 4) is 0 Å². The maximum absolute atomic E-state index is 5.84. The number of hydrogen-bond acceptors (Lipinski definition) is 6. The molecule has 0 aliphatic rings. The fraction of sp³-hybridized carbons (Fsp3) is 0.231. The van der Waals surface area contributed by atoms with E-state index in [1.54, 1.807) is 11.3 Å². The third-order valence-corrected chi connectivity index (χ3v) is 4.06. The summed E-state index contributed by atoms with van der Waals surface area (Å²) >= 11 is 1.74. The zero-order valence-corrected chi connectivity index (χ0v) is 11.3. The van der Waals surface area contributed by atoms with Crippen molar-refractivity contribution in [3.63, 3.8) is 0 Å². The fourth-order valence-corrected chi connectivity index (χ4v) is 2.92. The quantitative estimate of drug-likeness (QED) is 0.713. The Labute approximate surface area is 114 Å². The molecule has 1 aromatic carbocycles. The van der Waals surface area contributed by atoms with E-state index in [2.05, 4.69) is 40.1 Å². The lowest BCUT2D eigenvalue weighted by Gasteiger charge is -2.17. The maximum atomic E-state index is 5.84. The van der Waals surface area contributed by atoms with Gasteiger partial charge in [0, 0.05) is 4.88 Å². The number of nitrogens with one attached hydrogen (secondary N) is 1. The van der Waals surface area contributed by atoms with Crippen LogP contribution < -0.4 is 11.1 Å². The molecule has 98 valence electrons. The van der Waals surface area contributed by atoms with Gasteiger partial charge in [0.05, 0.1) is 17.4 Å². The number of nitrogens with two attached hydrogens (primary N) is 1. The molecule has 3 rings (SSSR count). The Bertz CT molecular complexity index is 677. The van der Waals surface area contributed by atoms with Crippen LogP contribution in [0.1, 0.15) is 24.3 Å². The van der Waals surface area contributed by atoms with Crippen LogP contribution in [0.15, 0.2) is 34.3 Å². The predicted octanol–water partition coefficient (Wildman–Crippen LogP) is 3.43. The van der Waals surface area contributed by atoms with Crippen LogP contribution in [0.3, 0.4) is 0 Å². The van der Waals surface area contributed by atoms with Crippen molar-refractivity contribution < 1.29 is 4.63 Å². The Morgan fingerprint density at radius 2 is 2.16 bits per heavy atom. The minimum Gasteiger partial charge on any atom is -0.397 e. The highest BCUT2D eigenvalue weighted by atomic mass is 32.1. The van der Waals surface area contributed by atoms with E-state index in [1.807, 2.05) is 12.1 Å². The first-order valence-electron chi connectivity index (χ1n) is 6.10. The average Bonchev–Trinajstić information content (AvgIpc) is 3.09. The van der Waals surface area contributed by atoms with Gasteiger partial charge in [-0.1, -0.05) is 13.0 Å². The summed E-state index contributed by atoms with van der Waals surface area (Å²) in [6.07, 6.45) is 0.984. The summed E-state index contributed by atoms with van der Waals surface area (Å²) in [7, 11) is 0. The zero-order valence-electron chi connectivity index (χ0n) is 10.5. The molecule has 3 N–H and O–H groups in total. The van der Waals surface area contributed by atoms with Crippen LogP contribution in [0.2, 0.25) is 0 Å². The third-order valence-electron chi connectivity index (χ3n) is 3.07. The van der Waals surface area contributed by atoms with Gasteiger partial charge in [-0.05, 0) is 40.3 Å². The lowest BCUT2D eigenvalue weighted by molar-refractivity contribution is 0.315. The molecule has 0 radical (unpaired) electrons. The van der Waals surface area contributed by atoms with Gasteiger partial charge < -0.3 is 11.1 Å². The standard InChI is InChI=1S/C13H14N4OS/c1-2-9(11-4-3-7-19-11)15-10-6-5-8(14)12-13(10)17-18-16-12/h3-7,9,15H,2,14H2,1H3. The largest absolute Gasteiger partial charge is 0.397 e. The molecule has 0 aliphatic heterocycles. The lowest BCUT2D eigenvalue weighted by atomic mass is 10.1. The summed E-state index contributed by atoms with van der Waals surface area (Å²) in [5, 5.41) is 13.3. The highest BCUT2D eigenvalue weighted by molar-refractivity contribution is 7.10. The van der Waals surface area contributed by atoms with Crippen LogP contribution in [0, 0.1) is 0 Å². The van der Waals surface area contributed by atoms with E-state index in [4.69, 9.17) is 10.4 Å². The molecule has 0 fully saturated rings. The second-order valence-corrected chi connectivity index (χ2v) is 5.26. The molecule has 3 aromatic rings. The van der Waals surface area contributed by atoms with Crippen LogP contribution in [-0.4, -0.2) is 10.3 Å². The van der Waals surface area contributed by atoms with Crippen molar-refractivity contribution >= 4 is 33.7 Å². The van der Waals surface area contributed by atoms with Crippen molar-refractivity contribution in [2.24, 2.45) is 0 Å². The highest BCUT2D eigenvalue weighted by Crippen LogP contribution is 2.31. The molecule has 0 bridgehead atoms. The third kappa shape index (κ3) is 2.15. The molecule has 1 unspecified atom stereocenters. The fourth-order valence-electron chi connectivity index (χ4n) is 2.05. The number of nitrogens with zero attached hydrogens (tertiary/aromatic N) is 2. The molecule has 0 saturated carbocycles. The molecule has 2 aromatic heterocycles. The molecule has 0 saturated heterocycles. The Morgan fingerprint density at radius 1 is 1.32 bits per heavy atom. The number of rotatable bonds is 4. The van der Waals surface area contributed by atoms with Gasteiger partial charge >= 0.3 is 0 Å². The first kappa shape index (κ1) is 12.0. The SMILES string of the molecule is CCC(Nc1ccc(N)c2nonc12)c1cccs1. The number of benzene rings is 1. The van der Waals surface area contributed by atoms with Gasteiger partial charge in [0.1, 0.15) is 0 Å². The van der Waals surface area contributed by atoms with Gasteiger partial charge in [-0.15, -0.1) is 11.3 Å². The van der Waals surface area contributed by atoms with E-state index in [-0.39, 0.29) is 6.04 Å². The Kier molecular flexibility index (Phi) is 3.08. The van der Waals surface area contributed by atoms with E-state index in [1.165, 1.54) is 4.88 Å². The van der Waals surface area contributed by atoms with Gasteiger partial charge in [-0.25, -0.2) is 4.63 Å². The Balaban J connectivity index is 1.97. The minimum atomic E-state index is 0.253. The summed E-state index contributed by atoms with van der Waals surface area (Å²) < 4.78 is 4.77. The number of anilines is 2. The number of fused-ring (bicyclic) bond motifs is 1. The molecular formula is C13H14N4OS. The summed E-state index contributed by atoms with van der Waals surface area (Å²) in [5.41, 5.74) is 8.59. The second-order valence-electron chi connectivity index (χ2n) is 4.28. The van der Waals surface area contributed by atoms with E-state index < -0.39 is 0 Å². The van der Waals surface area contributed by atoms with Crippen molar-refractivity contribution in [2.45, 2.75) is 19.4 Å². The number of aromatic nitrogens is 2. The number of nitrogen functional groups attached to an aromatic ring is 1. The average molecular weight is 274 g/mol. The van der Waals surface area contributed by atoms with Gasteiger partial charge in [0.25, 0.3) is 0 Å². The van der Waals surface area contributed by atoms with E-state index in [9.17, 15) is 0 Å². The van der Waals surface area contributed by atoms with E-state index in [0.717, 1.165) is 12.1 Å². The zero-order chi connectivity index (χ0) is 13.2. The molecule has 0 amide bonds. The Morgan fingerprint density at radius 3 is 2.89 bits per heavy atom. The van der Waals surface area contributed by atoms with Crippen molar-refractivity contribution in [1.82, 2.24) is 10.3 Å². The molecule has 5 nitrogen and oxygen atoms in total. The molecule has 6 heteroatoms. The van der Waals surface area contributed by atoms with E-state index >= 15 is 0 Å². The second kappa shape index (κ2) is 4.89. The van der Waals surface area contributed by atoms with Crippen LogP contribution >= 0.6 is 11.3 Å². The van der Waals surface area contributed by atoms with Crippen LogP contribution in [0.4, 0.5) is 11.4 Å². The van der Waals surface area contributed by atoms with Gasteiger partial charge in [-0.2, -0.15) is 0 Å². The van der Waals surface area contributed by atoms with Crippen LogP contribution in [0.5, 0.6) is 0 Å². The molecule has 0 aliphatic carbocycles. The molecule has 1 atom stereocenters. The van der Waals surface area contributed by atoms with Gasteiger partial charge in [0.2, 0.25) is 0 Å². The number of hydrogen-bond donors (Lipinski definition) is 2. The first-order valence-corrected chi connectivity index (χ1v) is 6.98. The summed E-state index contributed by atoms with van der Waals surface area (Å²) in [4.78, 5) is 1.30. The van der Waals surface area contributed by atoms with Crippen LogP contribution in [-0.2, 0) is 0 Å². The van der Waals surface area contributed by atoms with E-state index in [0.29, 0.717) is 16.7 Å². The van der Waals surface area contributed by atoms with Gasteiger partial charge in [0.15, 0.2) is 11.0 Å². The van der Waals surface area contributed by atoms with Crippen molar-refractivity contribution in [1.29, 1.82) is 0 Å². The lowest BCUT2D eigenvalue weighted by Crippen LogP contribution is -2.08. The minimum absolute atomic E-state index is 0.253. The number of thiophene rings is 1. The molecule has 19 heavy (non-hydrogen) atoms. The van der Waals surface area contributed by atoms with Crippen molar-refractivity contribution in [2.75, 3.05) is 11.1 Å². The summed E-state index contributed by atoms with van der Waals surface area (Å²) in [6.45, 7) is 2.15. The normalized spacial score (nSPS) is 12.7.